The summed E-state index contributed by atoms with van der Waals surface area (Å²) in [5, 5.41) is 0. The maximum absolute atomic E-state index is 14.8. The Balaban J connectivity index is 1.79. The number of benzene rings is 2. The normalized spacial score (nSPS) is 19.7. The van der Waals surface area contributed by atoms with E-state index in [2.05, 4.69) is 11.0 Å². The summed E-state index contributed by atoms with van der Waals surface area (Å²) in [7, 11) is 3.27. The minimum Gasteiger partial charge on any atom is -0.493 e. The first-order valence-electron chi connectivity index (χ1n) is 9.70. The predicted octanol–water partition coefficient (Wildman–Crippen LogP) is 4.14. The molecule has 2 aromatic carbocycles. The Morgan fingerprint density at radius 3 is 2.61 bits per heavy atom. The van der Waals surface area contributed by atoms with Gasteiger partial charge in [0.15, 0.2) is 11.5 Å². The van der Waals surface area contributed by atoms with Crippen molar-refractivity contribution in [1.82, 2.24) is 4.90 Å². The van der Waals surface area contributed by atoms with Crippen molar-refractivity contribution in [1.29, 1.82) is 0 Å². The Morgan fingerprint density at radius 2 is 1.89 bits per heavy atom. The molecule has 0 amide bonds. The van der Waals surface area contributed by atoms with Crippen LogP contribution in [0.2, 0.25) is 0 Å². The van der Waals surface area contributed by atoms with Crippen LogP contribution in [0.1, 0.15) is 29.2 Å². The zero-order chi connectivity index (χ0) is 19.5. The molecule has 2 aliphatic rings. The molecule has 148 valence electrons. The van der Waals surface area contributed by atoms with E-state index in [-0.39, 0.29) is 11.9 Å². The lowest BCUT2D eigenvalue weighted by Crippen LogP contribution is -2.38. The van der Waals surface area contributed by atoms with Crippen molar-refractivity contribution in [3.8, 4) is 11.5 Å². The summed E-state index contributed by atoms with van der Waals surface area (Å²) in [6.07, 6.45) is 4.08. The minimum absolute atomic E-state index is 0.174. The molecule has 4 nitrogen and oxygen atoms in total. The quantitative estimate of drug-likeness (QED) is 0.727. The number of nitrogens with zero attached hydrogens (tertiary/aromatic N) is 1. The molecule has 2 aliphatic heterocycles. The van der Waals surface area contributed by atoms with Crippen LogP contribution in [0.25, 0.3) is 0 Å². The third-order valence-corrected chi connectivity index (χ3v) is 5.56. The maximum atomic E-state index is 14.8. The molecular formula is C23H26FNO3. The Hall–Kier alpha value is -2.37. The van der Waals surface area contributed by atoms with Gasteiger partial charge in [-0.2, -0.15) is 0 Å². The van der Waals surface area contributed by atoms with E-state index in [1.54, 1.807) is 20.3 Å². The van der Waals surface area contributed by atoms with E-state index in [0.29, 0.717) is 23.7 Å². The number of hydrogen-bond donors (Lipinski definition) is 0. The molecule has 0 spiro atoms. The molecular weight excluding hydrogens is 357 g/mol. The van der Waals surface area contributed by atoms with Crippen molar-refractivity contribution in [3.63, 3.8) is 0 Å². The molecule has 1 atom stereocenters. The predicted molar refractivity (Wildman–Crippen MR) is 107 cm³/mol. The molecule has 0 aliphatic carbocycles. The van der Waals surface area contributed by atoms with E-state index >= 15 is 0 Å². The topological polar surface area (TPSA) is 30.9 Å². The fraction of sp³-hybridized carbons (Fsp3) is 0.391. The maximum Gasteiger partial charge on any atom is 0.161 e. The molecule has 4 rings (SSSR count). The van der Waals surface area contributed by atoms with Crippen LogP contribution in [-0.2, 0) is 11.2 Å². The molecule has 28 heavy (non-hydrogen) atoms. The van der Waals surface area contributed by atoms with Crippen LogP contribution in [-0.4, -0.2) is 45.4 Å². The van der Waals surface area contributed by atoms with Gasteiger partial charge in [0.1, 0.15) is 5.82 Å². The lowest BCUT2D eigenvalue weighted by molar-refractivity contribution is 0.136. The standard InChI is InChI=1S/C23H26FNO3/c1-26-21-12-17-9-10-25(14-16-6-5-11-28-15-16)23(19(17)13-22(21)27-2)18-7-3-4-8-20(18)24/h3-4,6-8,12-13,23H,5,9-11,14-15H2,1-2H3/t23-/m1/s1. The van der Waals surface area contributed by atoms with Gasteiger partial charge in [-0.25, -0.2) is 4.39 Å². The second-order valence-electron chi connectivity index (χ2n) is 7.25. The Morgan fingerprint density at radius 1 is 1.11 bits per heavy atom. The van der Waals surface area contributed by atoms with Crippen molar-refractivity contribution in [3.05, 3.63) is 70.6 Å². The molecule has 2 aromatic rings. The molecule has 0 fully saturated rings. The van der Waals surface area contributed by atoms with Crippen LogP contribution >= 0.6 is 0 Å². The van der Waals surface area contributed by atoms with Gasteiger partial charge in [0, 0.05) is 18.7 Å². The highest BCUT2D eigenvalue weighted by Crippen LogP contribution is 2.41. The summed E-state index contributed by atoms with van der Waals surface area (Å²) >= 11 is 0. The van der Waals surface area contributed by atoms with Crippen LogP contribution < -0.4 is 9.47 Å². The minimum atomic E-state index is -0.186. The molecule has 0 saturated heterocycles. The summed E-state index contributed by atoms with van der Waals surface area (Å²) in [6.45, 7) is 3.05. The molecule has 0 bridgehead atoms. The van der Waals surface area contributed by atoms with Crippen molar-refractivity contribution in [2.75, 3.05) is 40.5 Å². The first-order chi connectivity index (χ1) is 13.7. The lowest BCUT2D eigenvalue weighted by Gasteiger charge is -2.39. The molecule has 2 heterocycles. The van der Waals surface area contributed by atoms with E-state index in [1.807, 2.05) is 24.3 Å². The average Bonchev–Trinajstić information content (AvgIpc) is 2.74. The fourth-order valence-corrected chi connectivity index (χ4v) is 4.21. The molecule has 0 unspecified atom stereocenters. The van der Waals surface area contributed by atoms with E-state index in [9.17, 15) is 4.39 Å². The van der Waals surface area contributed by atoms with Crippen molar-refractivity contribution >= 4 is 0 Å². The van der Waals surface area contributed by atoms with Crippen LogP contribution in [0.5, 0.6) is 11.5 Å². The smallest absolute Gasteiger partial charge is 0.161 e. The number of halogens is 1. The van der Waals surface area contributed by atoms with Gasteiger partial charge in [-0.1, -0.05) is 24.3 Å². The number of rotatable bonds is 5. The molecule has 0 radical (unpaired) electrons. The SMILES string of the molecule is COc1cc2c(cc1OC)[C@@H](c1ccccc1F)N(CC1=CCCOC1)CC2. The summed E-state index contributed by atoms with van der Waals surface area (Å²) in [5.41, 5.74) is 4.20. The second kappa shape index (κ2) is 8.33. The van der Waals surface area contributed by atoms with E-state index in [1.165, 1.54) is 17.2 Å². The monoisotopic (exact) mass is 383 g/mol. The van der Waals surface area contributed by atoms with Crippen LogP contribution in [0.15, 0.2) is 48.0 Å². The van der Waals surface area contributed by atoms with Gasteiger partial charge >= 0.3 is 0 Å². The molecule has 0 N–H and O–H groups in total. The highest BCUT2D eigenvalue weighted by atomic mass is 19.1. The van der Waals surface area contributed by atoms with E-state index < -0.39 is 0 Å². The zero-order valence-corrected chi connectivity index (χ0v) is 16.4. The number of fused-ring (bicyclic) bond motifs is 1. The third-order valence-electron chi connectivity index (χ3n) is 5.56. The van der Waals surface area contributed by atoms with Crippen molar-refractivity contribution < 1.29 is 18.6 Å². The van der Waals surface area contributed by atoms with Crippen LogP contribution in [0.4, 0.5) is 4.39 Å². The summed E-state index contributed by atoms with van der Waals surface area (Å²) < 4.78 is 31.5. The molecule has 5 heteroatoms. The Bertz CT molecular complexity index is 880. The summed E-state index contributed by atoms with van der Waals surface area (Å²) in [5.74, 6) is 1.20. The zero-order valence-electron chi connectivity index (χ0n) is 16.4. The van der Waals surface area contributed by atoms with Crippen LogP contribution in [0, 0.1) is 5.82 Å². The van der Waals surface area contributed by atoms with Crippen molar-refractivity contribution in [2.45, 2.75) is 18.9 Å². The van der Waals surface area contributed by atoms with E-state index in [4.69, 9.17) is 14.2 Å². The van der Waals surface area contributed by atoms with Crippen molar-refractivity contribution in [2.24, 2.45) is 0 Å². The van der Waals surface area contributed by atoms with Gasteiger partial charge in [-0.05, 0) is 47.7 Å². The van der Waals surface area contributed by atoms with Gasteiger partial charge in [-0.15, -0.1) is 0 Å². The summed E-state index contributed by atoms with van der Waals surface area (Å²) in [4.78, 5) is 2.34. The third kappa shape index (κ3) is 3.64. The summed E-state index contributed by atoms with van der Waals surface area (Å²) in [6, 6.07) is 10.9. The van der Waals surface area contributed by atoms with Crippen LogP contribution in [0.3, 0.4) is 0 Å². The molecule has 0 aromatic heterocycles. The van der Waals surface area contributed by atoms with Gasteiger partial charge in [0.05, 0.1) is 33.5 Å². The highest BCUT2D eigenvalue weighted by molar-refractivity contribution is 5.52. The lowest BCUT2D eigenvalue weighted by atomic mass is 9.87. The van der Waals surface area contributed by atoms with Gasteiger partial charge in [-0.3, -0.25) is 4.90 Å². The molecule has 0 saturated carbocycles. The second-order valence-corrected chi connectivity index (χ2v) is 7.25. The van der Waals surface area contributed by atoms with Gasteiger partial charge in [0.2, 0.25) is 0 Å². The first-order valence-corrected chi connectivity index (χ1v) is 9.70. The highest BCUT2D eigenvalue weighted by Gasteiger charge is 2.32. The first kappa shape index (κ1) is 19.0. The van der Waals surface area contributed by atoms with Gasteiger partial charge in [0.25, 0.3) is 0 Å². The Labute approximate surface area is 165 Å². The van der Waals surface area contributed by atoms with Gasteiger partial charge < -0.3 is 14.2 Å². The fourth-order valence-electron chi connectivity index (χ4n) is 4.21. The Kier molecular flexibility index (Phi) is 5.64. The number of hydrogen-bond acceptors (Lipinski definition) is 4. The number of methoxy groups -OCH3 is 2. The van der Waals surface area contributed by atoms with E-state index in [0.717, 1.165) is 38.1 Å². The average molecular weight is 383 g/mol. The number of ether oxygens (including phenoxy) is 3. The largest absolute Gasteiger partial charge is 0.493 e.